The Kier molecular flexibility index (Phi) is 5.24. The zero-order chi connectivity index (χ0) is 24.0. The zero-order valence-electron chi connectivity index (χ0n) is 19.2. The molecular weight excluding hydrogens is 428 g/mol. The minimum absolute atomic E-state index is 0.124. The molecule has 1 N–H and O–H groups in total. The van der Waals surface area contributed by atoms with E-state index in [1.807, 2.05) is 54.1 Å². The highest BCUT2D eigenvalue weighted by atomic mass is 16.4. The number of imidazole rings is 1. The lowest BCUT2D eigenvalue weighted by atomic mass is 9.95. The van der Waals surface area contributed by atoms with Crippen LogP contribution in [0.1, 0.15) is 51.7 Å². The number of rotatable bonds is 5. The van der Waals surface area contributed by atoms with Gasteiger partial charge in [0.25, 0.3) is 5.91 Å². The van der Waals surface area contributed by atoms with Crippen LogP contribution in [0.2, 0.25) is 0 Å². The number of carboxylic acid groups (broad SMARTS) is 1. The fraction of sp³-hybridized carbons (Fsp3) is 0.185. The number of amides is 1. The number of carbonyl (C=O) groups excluding carboxylic acids is 1. The minimum atomic E-state index is -0.978. The Labute approximate surface area is 197 Å². The maximum atomic E-state index is 13.4. The van der Waals surface area contributed by atoms with E-state index in [1.54, 1.807) is 29.3 Å². The van der Waals surface area contributed by atoms with Crippen LogP contribution in [0.25, 0.3) is 22.6 Å². The zero-order valence-corrected chi connectivity index (χ0v) is 19.2. The lowest BCUT2D eigenvalue weighted by Gasteiger charge is -2.16. The topological polar surface area (TPSA) is 88.3 Å². The van der Waals surface area contributed by atoms with Gasteiger partial charge in [-0.05, 0) is 73.4 Å². The lowest BCUT2D eigenvalue weighted by Crippen LogP contribution is -2.24. The Morgan fingerprint density at radius 1 is 1.06 bits per heavy atom. The van der Waals surface area contributed by atoms with Crippen molar-refractivity contribution in [2.24, 2.45) is 0 Å². The predicted octanol–water partition coefficient (Wildman–Crippen LogP) is 5.36. The number of aromatic carboxylic acids is 1. The first-order valence-electron chi connectivity index (χ1n) is 11.1. The van der Waals surface area contributed by atoms with Crippen molar-refractivity contribution in [1.29, 1.82) is 0 Å². The maximum absolute atomic E-state index is 13.4. The summed E-state index contributed by atoms with van der Waals surface area (Å²) in [4.78, 5) is 35.7. The Morgan fingerprint density at radius 2 is 1.88 bits per heavy atom. The van der Waals surface area contributed by atoms with E-state index in [1.165, 1.54) is 0 Å². The van der Waals surface area contributed by atoms with Crippen LogP contribution >= 0.6 is 0 Å². The molecule has 3 heterocycles. The second kappa shape index (κ2) is 8.26. The van der Waals surface area contributed by atoms with Crippen LogP contribution < -0.4 is 4.90 Å². The highest BCUT2D eigenvalue weighted by Crippen LogP contribution is 2.33. The molecule has 170 valence electrons. The molecule has 0 unspecified atom stereocenters. The van der Waals surface area contributed by atoms with Crippen molar-refractivity contribution in [2.75, 3.05) is 4.90 Å². The number of anilines is 1. The van der Waals surface area contributed by atoms with E-state index in [0.29, 0.717) is 23.6 Å². The Balaban J connectivity index is 1.49. The van der Waals surface area contributed by atoms with Crippen molar-refractivity contribution in [1.82, 2.24) is 14.5 Å². The summed E-state index contributed by atoms with van der Waals surface area (Å²) in [7, 11) is 0. The first kappa shape index (κ1) is 21.6. The van der Waals surface area contributed by atoms with E-state index >= 15 is 0 Å². The van der Waals surface area contributed by atoms with Crippen LogP contribution in [0.15, 0.2) is 67.0 Å². The van der Waals surface area contributed by atoms with Gasteiger partial charge in [0.05, 0.1) is 12.1 Å². The second-order valence-electron chi connectivity index (χ2n) is 8.73. The van der Waals surface area contributed by atoms with E-state index in [4.69, 9.17) is 4.98 Å². The van der Waals surface area contributed by atoms with Crippen molar-refractivity contribution in [3.63, 3.8) is 0 Å². The Bertz CT molecular complexity index is 1440. The molecular formula is C27H24N4O3. The molecule has 1 aliphatic heterocycles. The standard InChI is InChI=1S/C27H24N4O3/c1-16(2)30-12-11-28-25(30)23-5-4-6-24(29-23)31-15-20-10-9-18(13-22(20)26(31)32)21-14-19(27(33)34)8-7-17(21)3/h4-14,16H,15H2,1-3H3,(H,33,34). The second-order valence-corrected chi connectivity index (χ2v) is 8.73. The molecule has 0 saturated heterocycles. The molecule has 0 aliphatic carbocycles. The fourth-order valence-electron chi connectivity index (χ4n) is 4.35. The number of hydrogen-bond donors (Lipinski definition) is 1. The van der Waals surface area contributed by atoms with Crippen LogP contribution in [0, 0.1) is 6.92 Å². The normalized spacial score (nSPS) is 12.9. The third-order valence-electron chi connectivity index (χ3n) is 6.17. The molecule has 7 heteroatoms. The van der Waals surface area contributed by atoms with Crippen LogP contribution in [0.5, 0.6) is 0 Å². The first-order chi connectivity index (χ1) is 16.3. The third-order valence-corrected chi connectivity index (χ3v) is 6.17. The number of aryl methyl sites for hydroxylation is 1. The lowest BCUT2D eigenvalue weighted by molar-refractivity contribution is 0.0696. The molecule has 34 heavy (non-hydrogen) atoms. The summed E-state index contributed by atoms with van der Waals surface area (Å²) in [6, 6.07) is 16.6. The average Bonchev–Trinajstić information content (AvgIpc) is 3.44. The van der Waals surface area contributed by atoms with Crippen LogP contribution in [0.3, 0.4) is 0 Å². The highest BCUT2D eigenvalue weighted by molar-refractivity contribution is 6.10. The summed E-state index contributed by atoms with van der Waals surface area (Å²) in [5.74, 6) is 0.231. The van der Waals surface area contributed by atoms with Gasteiger partial charge >= 0.3 is 5.97 Å². The van der Waals surface area contributed by atoms with Crippen molar-refractivity contribution < 1.29 is 14.7 Å². The van der Waals surface area contributed by atoms with Gasteiger partial charge in [-0.2, -0.15) is 0 Å². The SMILES string of the molecule is Cc1ccc(C(=O)O)cc1-c1ccc2c(c1)C(=O)N(c1cccc(-c3nccn3C(C)C)n1)C2. The third kappa shape index (κ3) is 3.65. The molecule has 2 aromatic carbocycles. The molecule has 0 atom stereocenters. The van der Waals surface area contributed by atoms with Gasteiger partial charge in [0.1, 0.15) is 11.5 Å². The summed E-state index contributed by atoms with van der Waals surface area (Å²) in [6.45, 7) is 6.53. The van der Waals surface area contributed by atoms with E-state index in [0.717, 1.165) is 28.1 Å². The summed E-state index contributed by atoms with van der Waals surface area (Å²) >= 11 is 0. The molecule has 0 fully saturated rings. The Hall–Kier alpha value is -4.26. The van der Waals surface area contributed by atoms with Crippen molar-refractivity contribution in [3.8, 4) is 22.6 Å². The number of fused-ring (bicyclic) bond motifs is 1. The molecule has 0 radical (unpaired) electrons. The number of carbonyl (C=O) groups is 2. The maximum Gasteiger partial charge on any atom is 0.335 e. The average molecular weight is 453 g/mol. The van der Waals surface area contributed by atoms with E-state index in [2.05, 4.69) is 18.8 Å². The van der Waals surface area contributed by atoms with Gasteiger partial charge in [0, 0.05) is 24.0 Å². The summed E-state index contributed by atoms with van der Waals surface area (Å²) < 4.78 is 2.05. The number of aromatic nitrogens is 3. The van der Waals surface area contributed by atoms with Crippen molar-refractivity contribution in [3.05, 3.63) is 89.2 Å². The number of benzene rings is 2. The molecule has 1 amide bonds. The molecule has 4 aromatic rings. The number of nitrogens with zero attached hydrogens (tertiary/aromatic N) is 4. The summed E-state index contributed by atoms with van der Waals surface area (Å²) in [6.07, 6.45) is 3.68. The van der Waals surface area contributed by atoms with Gasteiger partial charge in [-0.3, -0.25) is 9.69 Å². The molecule has 0 bridgehead atoms. The molecule has 0 spiro atoms. The summed E-state index contributed by atoms with van der Waals surface area (Å²) in [5.41, 5.74) is 5.01. The van der Waals surface area contributed by atoms with Gasteiger partial charge in [-0.25, -0.2) is 14.8 Å². The van der Waals surface area contributed by atoms with Gasteiger partial charge in [0.2, 0.25) is 0 Å². The monoisotopic (exact) mass is 452 g/mol. The van der Waals surface area contributed by atoms with E-state index < -0.39 is 5.97 Å². The van der Waals surface area contributed by atoms with Gasteiger partial charge in [-0.15, -0.1) is 0 Å². The van der Waals surface area contributed by atoms with E-state index in [-0.39, 0.29) is 17.5 Å². The fourth-order valence-corrected chi connectivity index (χ4v) is 4.35. The molecule has 0 saturated carbocycles. The van der Waals surface area contributed by atoms with Gasteiger partial charge in [0.15, 0.2) is 5.82 Å². The Morgan fingerprint density at radius 3 is 2.65 bits per heavy atom. The minimum Gasteiger partial charge on any atom is -0.478 e. The van der Waals surface area contributed by atoms with Crippen LogP contribution in [0.4, 0.5) is 5.82 Å². The van der Waals surface area contributed by atoms with Crippen LogP contribution in [-0.4, -0.2) is 31.5 Å². The van der Waals surface area contributed by atoms with Crippen LogP contribution in [-0.2, 0) is 6.54 Å². The van der Waals surface area contributed by atoms with Gasteiger partial charge < -0.3 is 9.67 Å². The smallest absolute Gasteiger partial charge is 0.335 e. The largest absolute Gasteiger partial charge is 0.478 e. The molecule has 2 aromatic heterocycles. The predicted molar refractivity (Wildman–Crippen MR) is 130 cm³/mol. The van der Waals surface area contributed by atoms with Gasteiger partial charge in [-0.1, -0.05) is 24.3 Å². The summed E-state index contributed by atoms with van der Waals surface area (Å²) in [5, 5.41) is 9.37. The van der Waals surface area contributed by atoms with E-state index in [9.17, 15) is 14.7 Å². The quantitative estimate of drug-likeness (QED) is 0.440. The molecule has 7 nitrogen and oxygen atoms in total. The first-order valence-corrected chi connectivity index (χ1v) is 11.1. The number of pyridine rings is 1. The molecule has 1 aliphatic rings. The van der Waals surface area contributed by atoms with Crippen molar-refractivity contribution >= 4 is 17.7 Å². The number of carboxylic acids is 1. The molecule has 5 rings (SSSR count). The highest BCUT2D eigenvalue weighted by Gasteiger charge is 2.30. The van der Waals surface area contributed by atoms with Crippen molar-refractivity contribution in [2.45, 2.75) is 33.4 Å². The number of hydrogen-bond acceptors (Lipinski definition) is 4.